The summed E-state index contributed by atoms with van der Waals surface area (Å²) in [6, 6.07) is 4.01. The third kappa shape index (κ3) is 4.03. The van der Waals surface area contributed by atoms with Crippen LogP contribution in [0.1, 0.15) is 43.0 Å². The molecule has 0 spiro atoms. The standard InChI is InChI=1S/C15H19FO3/c1-11(17)14-7-6-12(16)10-15(14)19-9-3-5-13-4-2-8-18-13/h6-7,10,13H,2-5,8-9H2,1H3. The van der Waals surface area contributed by atoms with Gasteiger partial charge in [0.05, 0.1) is 18.3 Å². The van der Waals surface area contributed by atoms with Gasteiger partial charge in [-0.3, -0.25) is 4.79 Å². The highest BCUT2D eigenvalue weighted by atomic mass is 19.1. The summed E-state index contributed by atoms with van der Waals surface area (Å²) in [7, 11) is 0. The van der Waals surface area contributed by atoms with Gasteiger partial charge in [-0.05, 0) is 44.7 Å². The van der Waals surface area contributed by atoms with E-state index < -0.39 is 0 Å². The zero-order chi connectivity index (χ0) is 13.7. The number of carbonyl (C=O) groups excluding carboxylic acids is 1. The fraction of sp³-hybridized carbons (Fsp3) is 0.533. The highest BCUT2D eigenvalue weighted by Crippen LogP contribution is 2.22. The van der Waals surface area contributed by atoms with Gasteiger partial charge in [-0.15, -0.1) is 0 Å². The number of ether oxygens (including phenoxy) is 2. The predicted molar refractivity (Wildman–Crippen MR) is 70.1 cm³/mol. The fourth-order valence-electron chi connectivity index (χ4n) is 2.27. The first-order chi connectivity index (χ1) is 9.16. The normalized spacial score (nSPS) is 18.5. The lowest BCUT2D eigenvalue weighted by molar-refractivity contribution is 0.0970. The van der Waals surface area contributed by atoms with E-state index in [-0.39, 0.29) is 11.6 Å². The Balaban J connectivity index is 1.84. The van der Waals surface area contributed by atoms with Crippen molar-refractivity contribution in [2.24, 2.45) is 0 Å². The van der Waals surface area contributed by atoms with Crippen molar-refractivity contribution in [3.63, 3.8) is 0 Å². The van der Waals surface area contributed by atoms with Crippen LogP contribution in [-0.2, 0) is 4.74 Å². The van der Waals surface area contributed by atoms with Crippen LogP contribution in [0.5, 0.6) is 5.75 Å². The average Bonchev–Trinajstić information content (AvgIpc) is 2.87. The number of Topliss-reactive ketones (excluding diaryl/α,β-unsaturated/α-hetero) is 1. The Kier molecular flexibility index (Phi) is 4.91. The van der Waals surface area contributed by atoms with Crippen LogP contribution in [-0.4, -0.2) is 25.1 Å². The highest BCUT2D eigenvalue weighted by molar-refractivity contribution is 5.96. The van der Waals surface area contributed by atoms with E-state index in [2.05, 4.69) is 0 Å². The van der Waals surface area contributed by atoms with Crippen LogP contribution in [0, 0.1) is 5.82 Å². The van der Waals surface area contributed by atoms with E-state index in [0.29, 0.717) is 24.0 Å². The van der Waals surface area contributed by atoms with E-state index >= 15 is 0 Å². The number of rotatable bonds is 6. The maximum Gasteiger partial charge on any atom is 0.163 e. The Morgan fingerprint density at radius 1 is 1.53 bits per heavy atom. The molecule has 1 heterocycles. The van der Waals surface area contributed by atoms with Crippen LogP contribution >= 0.6 is 0 Å². The molecule has 0 saturated carbocycles. The monoisotopic (exact) mass is 266 g/mol. The van der Waals surface area contributed by atoms with Gasteiger partial charge >= 0.3 is 0 Å². The molecule has 0 aromatic heterocycles. The highest BCUT2D eigenvalue weighted by Gasteiger charge is 2.15. The van der Waals surface area contributed by atoms with Gasteiger partial charge in [0, 0.05) is 12.7 Å². The quantitative estimate of drug-likeness (QED) is 0.585. The molecule has 0 radical (unpaired) electrons. The van der Waals surface area contributed by atoms with Crippen molar-refractivity contribution in [2.45, 2.75) is 38.7 Å². The summed E-state index contributed by atoms with van der Waals surface area (Å²) >= 11 is 0. The minimum Gasteiger partial charge on any atom is -0.493 e. The van der Waals surface area contributed by atoms with Crippen molar-refractivity contribution in [1.82, 2.24) is 0 Å². The Morgan fingerprint density at radius 3 is 3.05 bits per heavy atom. The van der Waals surface area contributed by atoms with Crippen molar-refractivity contribution in [2.75, 3.05) is 13.2 Å². The molecule has 1 aliphatic rings. The van der Waals surface area contributed by atoms with E-state index in [1.807, 2.05) is 0 Å². The molecule has 4 heteroatoms. The van der Waals surface area contributed by atoms with Gasteiger partial charge in [-0.25, -0.2) is 4.39 Å². The summed E-state index contributed by atoms with van der Waals surface area (Å²) in [5.74, 6) is -0.173. The largest absolute Gasteiger partial charge is 0.493 e. The number of ketones is 1. The van der Waals surface area contributed by atoms with Gasteiger partial charge < -0.3 is 9.47 Å². The molecule has 1 unspecified atom stereocenters. The van der Waals surface area contributed by atoms with E-state index in [0.717, 1.165) is 32.3 Å². The molecular weight excluding hydrogens is 247 g/mol. The first kappa shape index (κ1) is 14.0. The molecule has 1 saturated heterocycles. The summed E-state index contributed by atoms with van der Waals surface area (Å²) in [6.45, 7) is 2.78. The van der Waals surface area contributed by atoms with E-state index in [4.69, 9.17) is 9.47 Å². The van der Waals surface area contributed by atoms with Crippen molar-refractivity contribution >= 4 is 5.78 Å². The van der Waals surface area contributed by atoms with Gasteiger partial charge in [0.25, 0.3) is 0 Å². The lowest BCUT2D eigenvalue weighted by atomic mass is 10.1. The molecule has 1 fully saturated rings. The second-order valence-electron chi connectivity index (χ2n) is 4.82. The molecular formula is C15H19FO3. The molecule has 1 atom stereocenters. The number of hydrogen-bond acceptors (Lipinski definition) is 3. The zero-order valence-electron chi connectivity index (χ0n) is 11.2. The van der Waals surface area contributed by atoms with Gasteiger partial charge in [0.2, 0.25) is 0 Å². The van der Waals surface area contributed by atoms with Crippen molar-refractivity contribution in [3.05, 3.63) is 29.6 Å². The van der Waals surface area contributed by atoms with Crippen molar-refractivity contribution in [3.8, 4) is 5.75 Å². The van der Waals surface area contributed by atoms with Crippen LogP contribution in [0.2, 0.25) is 0 Å². The molecule has 104 valence electrons. The van der Waals surface area contributed by atoms with Crippen LogP contribution in [0.25, 0.3) is 0 Å². The number of benzene rings is 1. The summed E-state index contributed by atoms with van der Waals surface area (Å²) in [5.41, 5.74) is 0.429. The first-order valence-electron chi connectivity index (χ1n) is 6.71. The van der Waals surface area contributed by atoms with Gasteiger partial charge in [-0.2, -0.15) is 0 Å². The topological polar surface area (TPSA) is 35.5 Å². The third-order valence-corrected chi connectivity index (χ3v) is 3.27. The fourth-order valence-corrected chi connectivity index (χ4v) is 2.27. The second-order valence-corrected chi connectivity index (χ2v) is 4.82. The SMILES string of the molecule is CC(=O)c1ccc(F)cc1OCCCC1CCCO1. The Morgan fingerprint density at radius 2 is 2.37 bits per heavy atom. The molecule has 1 aromatic rings. The molecule has 0 aliphatic carbocycles. The molecule has 0 amide bonds. The second kappa shape index (κ2) is 6.66. The molecule has 19 heavy (non-hydrogen) atoms. The summed E-state index contributed by atoms with van der Waals surface area (Å²) < 4.78 is 24.2. The van der Waals surface area contributed by atoms with E-state index in [9.17, 15) is 9.18 Å². The molecule has 2 rings (SSSR count). The summed E-state index contributed by atoms with van der Waals surface area (Å²) in [4.78, 5) is 11.4. The smallest absolute Gasteiger partial charge is 0.163 e. The van der Waals surface area contributed by atoms with Crippen LogP contribution in [0.3, 0.4) is 0 Å². The maximum absolute atomic E-state index is 13.2. The van der Waals surface area contributed by atoms with Gasteiger partial charge in [0.1, 0.15) is 11.6 Å². The number of halogens is 1. The number of carbonyl (C=O) groups is 1. The lowest BCUT2D eigenvalue weighted by Gasteiger charge is -2.12. The molecule has 1 aromatic carbocycles. The average molecular weight is 266 g/mol. The zero-order valence-corrected chi connectivity index (χ0v) is 11.2. The maximum atomic E-state index is 13.2. The van der Waals surface area contributed by atoms with Crippen LogP contribution in [0.15, 0.2) is 18.2 Å². The summed E-state index contributed by atoms with van der Waals surface area (Å²) in [6.07, 6.45) is 4.37. The molecule has 1 aliphatic heterocycles. The third-order valence-electron chi connectivity index (χ3n) is 3.27. The summed E-state index contributed by atoms with van der Waals surface area (Å²) in [5, 5.41) is 0. The Labute approximate surface area is 112 Å². The first-order valence-corrected chi connectivity index (χ1v) is 6.71. The Hall–Kier alpha value is -1.42. The molecule has 0 N–H and O–H groups in total. The predicted octanol–water partition coefficient (Wildman–Crippen LogP) is 3.37. The van der Waals surface area contributed by atoms with Gasteiger partial charge in [0.15, 0.2) is 5.78 Å². The van der Waals surface area contributed by atoms with Gasteiger partial charge in [-0.1, -0.05) is 0 Å². The number of hydrogen-bond donors (Lipinski definition) is 0. The molecule has 3 nitrogen and oxygen atoms in total. The minimum absolute atomic E-state index is 0.117. The van der Waals surface area contributed by atoms with Crippen molar-refractivity contribution < 1.29 is 18.7 Å². The van der Waals surface area contributed by atoms with Crippen molar-refractivity contribution in [1.29, 1.82) is 0 Å². The molecule has 0 bridgehead atoms. The van der Waals surface area contributed by atoms with Crippen LogP contribution in [0.4, 0.5) is 4.39 Å². The van der Waals surface area contributed by atoms with Crippen LogP contribution < -0.4 is 4.74 Å². The lowest BCUT2D eigenvalue weighted by Crippen LogP contribution is -2.09. The van der Waals surface area contributed by atoms with E-state index in [1.54, 1.807) is 0 Å². The minimum atomic E-state index is -0.390. The van der Waals surface area contributed by atoms with E-state index in [1.165, 1.54) is 25.1 Å². The Bertz CT molecular complexity index is 439.